The van der Waals surface area contributed by atoms with Crippen molar-refractivity contribution in [3.63, 3.8) is 0 Å². The van der Waals surface area contributed by atoms with Gasteiger partial charge in [0.2, 0.25) is 0 Å². The monoisotopic (exact) mass is 348 g/mol. The topological polar surface area (TPSA) is 50.2 Å². The van der Waals surface area contributed by atoms with Gasteiger partial charge in [0.05, 0.1) is 18.4 Å². The summed E-state index contributed by atoms with van der Waals surface area (Å²) in [5, 5.41) is 3.41. The molecule has 0 saturated heterocycles. The summed E-state index contributed by atoms with van der Waals surface area (Å²) in [5.41, 5.74) is 4.76. The molecule has 5 heteroatoms. The molecule has 0 spiro atoms. The average molecular weight is 348 g/mol. The minimum atomic E-state index is 0.0105. The van der Waals surface area contributed by atoms with E-state index in [-0.39, 0.29) is 5.91 Å². The fourth-order valence-electron chi connectivity index (χ4n) is 2.94. The minimum absolute atomic E-state index is 0.0105. The third kappa shape index (κ3) is 3.61. The number of imidazole rings is 1. The second-order valence-corrected chi connectivity index (χ2v) is 6.55. The molecule has 0 saturated carbocycles. The lowest BCUT2D eigenvalue weighted by Crippen LogP contribution is -2.22. The highest BCUT2D eigenvalue weighted by molar-refractivity contribution is 5.96. The van der Waals surface area contributed by atoms with Gasteiger partial charge in [0.1, 0.15) is 5.82 Å². The normalized spacial score (nSPS) is 10.6. The molecule has 134 valence electrons. The van der Waals surface area contributed by atoms with Crippen LogP contribution in [0.4, 0.5) is 5.69 Å². The van der Waals surface area contributed by atoms with E-state index in [0.717, 1.165) is 28.5 Å². The highest BCUT2D eigenvalue weighted by Gasteiger charge is 2.13. The van der Waals surface area contributed by atoms with Gasteiger partial charge in [-0.15, -0.1) is 0 Å². The van der Waals surface area contributed by atoms with E-state index in [4.69, 9.17) is 0 Å². The first-order valence-electron chi connectivity index (χ1n) is 8.62. The van der Waals surface area contributed by atoms with Gasteiger partial charge in [-0.1, -0.05) is 24.3 Å². The second-order valence-electron chi connectivity index (χ2n) is 6.55. The number of benzene rings is 2. The van der Waals surface area contributed by atoms with Crippen LogP contribution in [0.15, 0.2) is 54.7 Å². The summed E-state index contributed by atoms with van der Waals surface area (Å²) in [6.07, 6.45) is 1.88. The molecule has 2 aromatic carbocycles. The number of anilines is 1. The zero-order chi connectivity index (χ0) is 18.7. The molecule has 1 aromatic heterocycles. The number of aromatic nitrogens is 2. The van der Waals surface area contributed by atoms with Crippen molar-refractivity contribution in [3.8, 4) is 5.69 Å². The number of nitrogens with zero attached hydrogens (tertiary/aromatic N) is 3. The van der Waals surface area contributed by atoms with E-state index < -0.39 is 0 Å². The Hall–Kier alpha value is -3.08. The second kappa shape index (κ2) is 7.44. The summed E-state index contributed by atoms with van der Waals surface area (Å²) < 4.78 is 2.13. The van der Waals surface area contributed by atoms with E-state index in [9.17, 15) is 4.79 Å². The zero-order valence-electron chi connectivity index (χ0n) is 15.7. The maximum Gasteiger partial charge on any atom is 0.253 e. The fourth-order valence-corrected chi connectivity index (χ4v) is 2.94. The maximum atomic E-state index is 12.3. The molecule has 0 aliphatic heterocycles. The molecule has 0 radical (unpaired) electrons. The first-order valence-corrected chi connectivity index (χ1v) is 8.62. The molecule has 1 N–H and O–H groups in total. The number of nitrogens with one attached hydrogen (secondary N) is 1. The van der Waals surface area contributed by atoms with Gasteiger partial charge in [0.25, 0.3) is 5.91 Å². The largest absolute Gasteiger partial charge is 0.379 e. The number of amides is 1. The molecule has 0 fully saturated rings. The SMILES string of the molecule is Cc1ccc(NCc2cnc(C)n2-c2ccccc2)cc1C(=O)N(C)C. The number of para-hydroxylation sites is 1. The molecule has 1 heterocycles. The molecule has 0 atom stereocenters. The predicted octanol–water partition coefficient (Wildman–Crippen LogP) is 3.80. The molecular weight excluding hydrogens is 324 g/mol. The zero-order valence-corrected chi connectivity index (χ0v) is 15.7. The van der Waals surface area contributed by atoms with E-state index in [0.29, 0.717) is 12.1 Å². The van der Waals surface area contributed by atoms with Gasteiger partial charge in [0.15, 0.2) is 0 Å². The van der Waals surface area contributed by atoms with Crippen molar-refractivity contribution in [1.82, 2.24) is 14.5 Å². The van der Waals surface area contributed by atoms with E-state index in [1.54, 1.807) is 19.0 Å². The lowest BCUT2D eigenvalue weighted by atomic mass is 10.1. The summed E-state index contributed by atoms with van der Waals surface area (Å²) in [6, 6.07) is 16.1. The summed E-state index contributed by atoms with van der Waals surface area (Å²) >= 11 is 0. The maximum absolute atomic E-state index is 12.3. The van der Waals surface area contributed by atoms with Crippen LogP contribution in [0.3, 0.4) is 0 Å². The van der Waals surface area contributed by atoms with Gasteiger partial charge in [-0.05, 0) is 43.7 Å². The number of carbonyl (C=O) groups is 1. The van der Waals surface area contributed by atoms with Crippen LogP contribution < -0.4 is 5.32 Å². The van der Waals surface area contributed by atoms with E-state index in [1.165, 1.54) is 0 Å². The van der Waals surface area contributed by atoms with E-state index >= 15 is 0 Å². The van der Waals surface area contributed by atoms with Crippen LogP contribution in [-0.4, -0.2) is 34.5 Å². The van der Waals surface area contributed by atoms with Crippen LogP contribution in [0.1, 0.15) is 27.4 Å². The Bertz CT molecular complexity index is 913. The predicted molar refractivity (Wildman–Crippen MR) is 105 cm³/mol. The van der Waals surface area contributed by atoms with Gasteiger partial charge in [-0.25, -0.2) is 4.98 Å². The van der Waals surface area contributed by atoms with Crippen molar-refractivity contribution in [3.05, 3.63) is 77.4 Å². The molecule has 1 amide bonds. The van der Waals surface area contributed by atoms with Crippen molar-refractivity contribution in [2.24, 2.45) is 0 Å². The van der Waals surface area contributed by atoms with Crippen LogP contribution >= 0.6 is 0 Å². The number of carbonyl (C=O) groups excluding carboxylic acids is 1. The highest BCUT2D eigenvalue weighted by atomic mass is 16.2. The van der Waals surface area contributed by atoms with Crippen molar-refractivity contribution in [1.29, 1.82) is 0 Å². The first-order chi connectivity index (χ1) is 12.5. The molecule has 0 aliphatic carbocycles. The fraction of sp³-hybridized carbons (Fsp3) is 0.238. The molecule has 0 unspecified atom stereocenters. The van der Waals surface area contributed by atoms with Gasteiger partial charge < -0.3 is 10.2 Å². The molecular formula is C21H24N4O. The van der Waals surface area contributed by atoms with Crippen LogP contribution in [0.5, 0.6) is 0 Å². The van der Waals surface area contributed by atoms with Crippen LogP contribution in [-0.2, 0) is 6.54 Å². The van der Waals surface area contributed by atoms with Crippen molar-refractivity contribution in [2.45, 2.75) is 20.4 Å². The third-order valence-electron chi connectivity index (χ3n) is 4.37. The number of hydrogen-bond donors (Lipinski definition) is 1. The van der Waals surface area contributed by atoms with Gasteiger partial charge in [0, 0.05) is 31.0 Å². The third-order valence-corrected chi connectivity index (χ3v) is 4.37. The number of hydrogen-bond acceptors (Lipinski definition) is 3. The number of rotatable bonds is 5. The molecule has 0 aliphatic rings. The average Bonchev–Trinajstić information content (AvgIpc) is 3.01. The quantitative estimate of drug-likeness (QED) is 0.763. The minimum Gasteiger partial charge on any atom is -0.379 e. The van der Waals surface area contributed by atoms with E-state index in [2.05, 4.69) is 27.0 Å². The molecule has 5 nitrogen and oxygen atoms in total. The van der Waals surface area contributed by atoms with Gasteiger partial charge >= 0.3 is 0 Å². The summed E-state index contributed by atoms with van der Waals surface area (Å²) in [4.78, 5) is 18.4. The Morgan fingerprint density at radius 1 is 1.12 bits per heavy atom. The van der Waals surface area contributed by atoms with Crippen molar-refractivity contribution < 1.29 is 4.79 Å². The van der Waals surface area contributed by atoms with E-state index in [1.807, 2.05) is 56.4 Å². The summed E-state index contributed by atoms with van der Waals surface area (Å²) in [5.74, 6) is 0.955. The van der Waals surface area contributed by atoms with Crippen molar-refractivity contribution in [2.75, 3.05) is 19.4 Å². The molecule has 26 heavy (non-hydrogen) atoms. The first kappa shape index (κ1) is 17.7. The van der Waals surface area contributed by atoms with Crippen LogP contribution in [0.2, 0.25) is 0 Å². The van der Waals surface area contributed by atoms with Crippen molar-refractivity contribution >= 4 is 11.6 Å². The number of aryl methyl sites for hydroxylation is 2. The highest BCUT2D eigenvalue weighted by Crippen LogP contribution is 2.19. The lowest BCUT2D eigenvalue weighted by Gasteiger charge is -2.15. The van der Waals surface area contributed by atoms with Gasteiger partial charge in [-0.3, -0.25) is 9.36 Å². The van der Waals surface area contributed by atoms with Crippen LogP contribution in [0, 0.1) is 13.8 Å². The van der Waals surface area contributed by atoms with Gasteiger partial charge in [-0.2, -0.15) is 0 Å². The summed E-state index contributed by atoms with van der Waals surface area (Å²) in [6.45, 7) is 4.57. The molecule has 3 rings (SSSR count). The van der Waals surface area contributed by atoms with Crippen LogP contribution in [0.25, 0.3) is 5.69 Å². The Balaban J connectivity index is 1.83. The smallest absolute Gasteiger partial charge is 0.253 e. The summed E-state index contributed by atoms with van der Waals surface area (Å²) in [7, 11) is 3.53. The Labute approximate surface area is 154 Å². The molecule has 0 bridgehead atoms. The Kier molecular flexibility index (Phi) is 5.07. The lowest BCUT2D eigenvalue weighted by molar-refractivity contribution is 0.0827. The Morgan fingerprint density at radius 2 is 1.85 bits per heavy atom. The standard InChI is InChI=1S/C21H24N4O/c1-15-10-11-17(12-20(15)21(26)24(3)4)23-14-19-13-22-16(2)25(19)18-8-6-5-7-9-18/h5-13,23H,14H2,1-4H3. The Morgan fingerprint density at radius 3 is 2.54 bits per heavy atom. The molecule has 3 aromatic rings.